The quantitative estimate of drug-likeness (QED) is 0.542. The van der Waals surface area contributed by atoms with Gasteiger partial charge in [0.15, 0.2) is 0 Å². The van der Waals surface area contributed by atoms with Gasteiger partial charge in [0, 0.05) is 18.3 Å². The van der Waals surface area contributed by atoms with Crippen molar-refractivity contribution in [3.63, 3.8) is 0 Å². The van der Waals surface area contributed by atoms with E-state index in [1.165, 1.54) is 0 Å². The first kappa shape index (κ1) is 12.9. The van der Waals surface area contributed by atoms with Crippen LogP contribution in [0.1, 0.15) is 0 Å². The highest BCUT2D eigenvalue weighted by Gasteiger charge is 2.18. The van der Waals surface area contributed by atoms with E-state index >= 15 is 0 Å². The smallest absolute Gasteiger partial charge is 0.270 e. The van der Waals surface area contributed by atoms with E-state index in [9.17, 15) is 14.5 Å². The first-order chi connectivity index (χ1) is 10.1. The van der Waals surface area contributed by atoms with Crippen molar-refractivity contribution in [3.8, 4) is 23.0 Å². The summed E-state index contributed by atoms with van der Waals surface area (Å²) in [5, 5.41) is 14.4. The van der Waals surface area contributed by atoms with Crippen LogP contribution >= 0.6 is 0 Å². The summed E-state index contributed by atoms with van der Waals surface area (Å²) >= 11 is 0. The molecule has 0 atom stereocenters. The summed E-state index contributed by atoms with van der Waals surface area (Å²) < 4.78 is 18.7. The van der Waals surface area contributed by atoms with Crippen LogP contribution in [-0.4, -0.2) is 20.0 Å². The predicted octanol–water partition coefficient (Wildman–Crippen LogP) is 2.85. The normalized spacial score (nSPS) is 10.5. The van der Waals surface area contributed by atoms with Crippen molar-refractivity contribution in [1.82, 2.24) is 15.1 Å². The van der Waals surface area contributed by atoms with Crippen LogP contribution in [-0.2, 0) is 0 Å². The van der Waals surface area contributed by atoms with Crippen LogP contribution < -0.4 is 0 Å². The van der Waals surface area contributed by atoms with Crippen LogP contribution in [0.2, 0.25) is 0 Å². The van der Waals surface area contributed by atoms with Gasteiger partial charge in [-0.05, 0) is 18.2 Å². The van der Waals surface area contributed by atoms with Gasteiger partial charge in [0.05, 0.1) is 10.5 Å². The molecule has 7 nitrogen and oxygen atoms in total. The fourth-order valence-corrected chi connectivity index (χ4v) is 1.72. The number of pyridine rings is 1. The van der Waals surface area contributed by atoms with E-state index in [0.717, 1.165) is 18.2 Å². The van der Waals surface area contributed by atoms with E-state index in [-0.39, 0.29) is 23.0 Å². The van der Waals surface area contributed by atoms with Crippen molar-refractivity contribution in [2.45, 2.75) is 0 Å². The zero-order valence-corrected chi connectivity index (χ0v) is 10.4. The minimum Gasteiger partial charge on any atom is -0.333 e. The van der Waals surface area contributed by atoms with E-state index < -0.39 is 10.7 Å². The van der Waals surface area contributed by atoms with Gasteiger partial charge in [-0.25, -0.2) is 4.39 Å². The van der Waals surface area contributed by atoms with Crippen LogP contribution in [0.25, 0.3) is 23.0 Å². The number of non-ortho nitro benzene ring substituents is 1. The molecule has 0 unspecified atom stereocenters. The molecule has 0 saturated heterocycles. The van der Waals surface area contributed by atoms with Gasteiger partial charge in [0.2, 0.25) is 5.82 Å². The summed E-state index contributed by atoms with van der Waals surface area (Å²) in [6, 6.07) is 8.23. The Labute approximate surface area is 117 Å². The molecule has 2 aromatic heterocycles. The first-order valence-electron chi connectivity index (χ1n) is 5.84. The number of aromatic nitrogens is 3. The number of nitro benzene ring substituents is 1. The predicted molar refractivity (Wildman–Crippen MR) is 69.6 cm³/mol. The number of halogens is 1. The largest absolute Gasteiger partial charge is 0.333 e. The average Bonchev–Trinajstić information content (AvgIpc) is 2.98. The van der Waals surface area contributed by atoms with Gasteiger partial charge in [-0.3, -0.25) is 15.1 Å². The zero-order valence-electron chi connectivity index (χ0n) is 10.4. The minimum atomic E-state index is -0.683. The van der Waals surface area contributed by atoms with Gasteiger partial charge in [0.25, 0.3) is 11.6 Å². The highest BCUT2D eigenvalue weighted by atomic mass is 19.1. The Morgan fingerprint density at radius 2 is 2.10 bits per heavy atom. The molecule has 0 saturated carbocycles. The van der Waals surface area contributed by atoms with Crippen molar-refractivity contribution in [2.75, 3.05) is 0 Å². The minimum absolute atomic E-state index is 0.126. The van der Waals surface area contributed by atoms with Crippen molar-refractivity contribution >= 4 is 5.69 Å². The van der Waals surface area contributed by atoms with E-state index in [1.807, 2.05) is 0 Å². The summed E-state index contributed by atoms with van der Waals surface area (Å²) in [5.74, 6) is -0.648. The second-order valence-corrected chi connectivity index (χ2v) is 4.06. The van der Waals surface area contributed by atoms with E-state index in [0.29, 0.717) is 5.69 Å². The Morgan fingerprint density at radius 3 is 2.81 bits per heavy atom. The molecule has 0 aliphatic rings. The second-order valence-electron chi connectivity index (χ2n) is 4.06. The Kier molecular flexibility index (Phi) is 3.11. The molecule has 0 radical (unpaired) electrons. The highest BCUT2D eigenvalue weighted by molar-refractivity contribution is 5.61. The number of nitro groups is 1. The number of rotatable bonds is 3. The van der Waals surface area contributed by atoms with Crippen molar-refractivity contribution in [1.29, 1.82) is 0 Å². The van der Waals surface area contributed by atoms with Crippen LogP contribution in [0.4, 0.5) is 10.1 Å². The molecular weight excluding hydrogens is 279 g/mol. The molecule has 1 aromatic carbocycles. The topological polar surface area (TPSA) is 95.0 Å². The molecule has 8 heteroatoms. The van der Waals surface area contributed by atoms with Gasteiger partial charge < -0.3 is 4.52 Å². The third-order valence-corrected chi connectivity index (χ3v) is 2.71. The lowest BCUT2D eigenvalue weighted by Crippen LogP contribution is -1.91. The lowest BCUT2D eigenvalue weighted by atomic mass is 10.2. The van der Waals surface area contributed by atoms with Crippen LogP contribution in [0.15, 0.2) is 47.1 Å². The zero-order chi connectivity index (χ0) is 14.8. The molecule has 0 aliphatic carbocycles. The highest BCUT2D eigenvalue weighted by Crippen LogP contribution is 2.27. The number of hydrogen-bond acceptors (Lipinski definition) is 6. The molecule has 3 rings (SSSR count). The number of hydrogen-bond donors (Lipinski definition) is 0. The molecule has 0 bridgehead atoms. The Hall–Kier alpha value is -3.16. The fourth-order valence-electron chi connectivity index (χ4n) is 1.72. The Balaban J connectivity index is 2.04. The third-order valence-electron chi connectivity index (χ3n) is 2.71. The molecule has 0 amide bonds. The van der Waals surface area contributed by atoms with Gasteiger partial charge in [0.1, 0.15) is 11.5 Å². The molecule has 0 N–H and O–H groups in total. The van der Waals surface area contributed by atoms with Crippen molar-refractivity contribution in [3.05, 3.63) is 58.5 Å². The molecule has 2 heterocycles. The summed E-state index contributed by atoms with van der Waals surface area (Å²) in [7, 11) is 0. The molecular formula is C13H7FN4O3. The summed E-state index contributed by atoms with van der Waals surface area (Å²) in [6.07, 6.45) is 1.55. The van der Waals surface area contributed by atoms with Crippen LogP contribution in [0.5, 0.6) is 0 Å². The monoisotopic (exact) mass is 286 g/mol. The van der Waals surface area contributed by atoms with Crippen molar-refractivity contribution < 1.29 is 13.8 Å². The maximum Gasteiger partial charge on any atom is 0.270 e. The maximum atomic E-state index is 13.8. The Bertz CT molecular complexity index is 804. The van der Waals surface area contributed by atoms with Gasteiger partial charge in [-0.2, -0.15) is 4.98 Å². The second kappa shape index (κ2) is 5.08. The average molecular weight is 286 g/mol. The molecule has 0 aliphatic heterocycles. The molecule has 21 heavy (non-hydrogen) atoms. The summed E-state index contributed by atoms with van der Waals surface area (Å²) in [5.41, 5.74) is 0.0706. The molecule has 3 aromatic rings. The van der Waals surface area contributed by atoms with Crippen LogP contribution in [0, 0.1) is 15.9 Å². The lowest BCUT2D eigenvalue weighted by Gasteiger charge is -1.97. The summed E-state index contributed by atoms with van der Waals surface area (Å²) in [4.78, 5) is 18.1. The molecule has 104 valence electrons. The van der Waals surface area contributed by atoms with Gasteiger partial charge in [-0.1, -0.05) is 11.2 Å². The molecule has 0 spiro atoms. The SMILES string of the molecule is O=[N+]([O-])c1ccc(F)c(-c2nc(-c3ccccn3)no2)c1. The van der Waals surface area contributed by atoms with Gasteiger partial charge >= 0.3 is 0 Å². The first-order valence-corrected chi connectivity index (χ1v) is 5.84. The number of benzene rings is 1. The fraction of sp³-hybridized carbons (Fsp3) is 0. The lowest BCUT2D eigenvalue weighted by molar-refractivity contribution is -0.384. The van der Waals surface area contributed by atoms with Crippen LogP contribution in [0.3, 0.4) is 0 Å². The maximum absolute atomic E-state index is 13.8. The summed E-state index contributed by atoms with van der Waals surface area (Å²) in [6.45, 7) is 0. The van der Waals surface area contributed by atoms with Crippen molar-refractivity contribution in [2.24, 2.45) is 0 Å². The third kappa shape index (κ3) is 2.46. The van der Waals surface area contributed by atoms with Gasteiger partial charge in [-0.15, -0.1) is 0 Å². The molecule has 0 fully saturated rings. The standard InChI is InChI=1S/C13H7FN4O3/c14-10-5-4-8(18(19)20)7-9(10)13-16-12(17-21-13)11-3-1-2-6-15-11/h1-7H. The number of nitrogens with zero attached hydrogens (tertiary/aromatic N) is 4. The van der Waals surface area contributed by atoms with E-state index in [1.54, 1.807) is 24.4 Å². The Morgan fingerprint density at radius 1 is 1.24 bits per heavy atom. The van der Waals surface area contributed by atoms with E-state index in [4.69, 9.17) is 4.52 Å². The van der Waals surface area contributed by atoms with E-state index in [2.05, 4.69) is 15.1 Å².